The van der Waals surface area contributed by atoms with Gasteiger partial charge < -0.3 is 15.4 Å². The van der Waals surface area contributed by atoms with Crippen LogP contribution in [0, 0.1) is 0 Å². The summed E-state index contributed by atoms with van der Waals surface area (Å²) in [4.78, 5) is 4.40. The molecule has 6 nitrogen and oxygen atoms in total. The normalized spacial score (nSPS) is 10.7. The number of halogens is 2. The average molecular weight is 390 g/mol. The Morgan fingerprint density at radius 1 is 0.962 bits per heavy atom. The maximum atomic E-state index is 6.18. The van der Waals surface area contributed by atoms with Crippen molar-refractivity contribution >= 4 is 46.3 Å². The molecule has 0 unspecified atom stereocenters. The van der Waals surface area contributed by atoms with Crippen LogP contribution in [-0.2, 0) is 0 Å². The van der Waals surface area contributed by atoms with Gasteiger partial charge in [0.2, 0.25) is 5.95 Å². The molecule has 134 valence electrons. The van der Waals surface area contributed by atoms with Gasteiger partial charge >= 0.3 is 0 Å². The van der Waals surface area contributed by atoms with Gasteiger partial charge in [-0.25, -0.2) is 0 Å². The Morgan fingerprint density at radius 2 is 1.69 bits per heavy atom. The highest BCUT2D eigenvalue weighted by Gasteiger charge is 2.10. The summed E-state index contributed by atoms with van der Waals surface area (Å²) in [7, 11) is 0. The zero-order valence-corrected chi connectivity index (χ0v) is 15.7. The highest BCUT2D eigenvalue weighted by molar-refractivity contribution is 6.39. The van der Waals surface area contributed by atoms with E-state index in [0.717, 1.165) is 5.69 Å². The number of aromatic nitrogens is 3. The lowest BCUT2D eigenvalue weighted by Crippen LogP contribution is -2.08. The van der Waals surface area contributed by atoms with E-state index in [1.807, 2.05) is 38.1 Å². The average Bonchev–Trinajstić information content (AvgIpc) is 2.60. The van der Waals surface area contributed by atoms with E-state index in [2.05, 4.69) is 25.8 Å². The summed E-state index contributed by atoms with van der Waals surface area (Å²) in [6.07, 6.45) is 1.54. The summed E-state index contributed by atoms with van der Waals surface area (Å²) < 4.78 is 5.79. The van der Waals surface area contributed by atoms with Crippen LogP contribution in [0.15, 0.2) is 48.7 Å². The molecule has 0 aliphatic carbocycles. The predicted octanol–water partition coefficient (Wildman–Crippen LogP) is 5.45. The summed E-state index contributed by atoms with van der Waals surface area (Å²) in [5, 5.41) is 15.1. The van der Waals surface area contributed by atoms with Gasteiger partial charge in [0.25, 0.3) is 0 Å². The molecule has 0 aliphatic rings. The summed E-state index contributed by atoms with van der Waals surface area (Å²) in [6.45, 7) is 3.93. The summed E-state index contributed by atoms with van der Waals surface area (Å²) in [6, 6.07) is 12.8. The largest absolute Gasteiger partial charge is 0.489 e. The first-order valence-corrected chi connectivity index (χ1v) is 8.72. The molecule has 3 rings (SSSR count). The van der Waals surface area contributed by atoms with Crippen molar-refractivity contribution in [2.45, 2.75) is 20.0 Å². The standard InChI is InChI=1S/C18H17Cl2N5O/c1-11(2)26-15-9-4-3-8-14(15)22-18-24-16(10-21-25-18)23-17-12(19)6-5-7-13(17)20/h3-11H,1-2H3,(H2,22,23,24,25). The number of rotatable bonds is 6. The third kappa shape index (κ3) is 4.53. The molecule has 26 heavy (non-hydrogen) atoms. The second-order valence-electron chi connectivity index (χ2n) is 5.67. The van der Waals surface area contributed by atoms with Crippen molar-refractivity contribution in [3.8, 4) is 5.75 Å². The quantitative estimate of drug-likeness (QED) is 0.583. The van der Waals surface area contributed by atoms with Gasteiger partial charge in [-0.05, 0) is 38.1 Å². The fraction of sp³-hybridized carbons (Fsp3) is 0.167. The number of anilines is 4. The van der Waals surface area contributed by atoms with E-state index >= 15 is 0 Å². The molecule has 0 amide bonds. The van der Waals surface area contributed by atoms with Crippen LogP contribution in [0.1, 0.15) is 13.8 Å². The van der Waals surface area contributed by atoms with Crippen molar-refractivity contribution < 1.29 is 4.74 Å². The molecule has 3 aromatic rings. The highest BCUT2D eigenvalue weighted by atomic mass is 35.5. The molecular weight excluding hydrogens is 373 g/mol. The molecule has 0 aliphatic heterocycles. The van der Waals surface area contributed by atoms with Crippen LogP contribution in [0.2, 0.25) is 10.0 Å². The Kier molecular flexibility index (Phi) is 5.75. The third-order valence-corrected chi connectivity index (χ3v) is 3.90. The van der Waals surface area contributed by atoms with Gasteiger partial charge in [-0.2, -0.15) is 10.1 Å². The number of benzene rings is 2. The van der Waals surface area contributed by atoms with Crippen LogP contribution in [0.25, 0.3) is 0 Å². The molecule has 0 atom stereocenters. The number of nitrogens with zero attached hydrogens (tertiary/aromatic N) is 3. The van der Waals surface area contributed by atoms with Gasteiger partial charge in [0.05, 0.1) is 33.7 Å². The number of hydrogen-bond acceptors (Lipinski definition) is 6. The lowest BCUT2D eigenvalue weighted by molar-refractivity contribution is 0.244. The first-order valence-electron chi connectivity index (χ1n) is 7.96. The van der Waals surface area contributed by atoms with Gasteiger partial charge in [0.1, 0.15) is 5.75 Å². The van der Waals surface area contributed by atoms with E-state index in [0.29, 0.717) is 33.2 Å². The second kappa shape index (κ2) is 8.21. The van der Waals surface area contributed by atoms with Crippen molar-refractivity contribution in [2.75, 3.05) is 10.6 Å². The van der Waals surface area contributed by atoms with Crippen molar-refractivity contribution in [3.63, 3.8) is 0 Å². The van der Waals surface area contributed by atoms with Gasteiger partial charge in [0, 0.05) is 0 Å². The van der Waals surface area contributed by atoms with Gasteiger partial charge in [-0.1, -0.05) is 41.4 Å². The van der Waals surface area contributed by atoms with E-state index in [1.54, 1.807) is 18.2 Å². The van der Waals surface area contributed by atoms with Crippen molar-refractivity contribution in [3.05, 3.63) is 58.7 Å². The molecule has 8 heteroatoms. The number of ether oxygens (including phenoxy) is 1. The van der Waals surface area contributed by atoms with Crippen LogP contribution in [-0.4, -0.2) is 21.3 Å². The summed E-state index contributed by atoms with van der Waals surface area (Å²) in [5.74, 6) is 1.48. The fourth-order valence-corrected chi connectivity index (χ4v) is 2.70. The Hall–Kier alpha value is -2.57. The Balaban J connectivity index is 1.83. The van der Waals surface area contributed by atoms with Crippen LogP contribution in [0.4, 0.5) is 23.1 Å². The lowest BCUT2D eigenvalue weighted by Gasteiger charge is -2.15. The number of nitrogens with one attached hydrogen (secondary N) is 2. The number of para-hydroxylation sites is 3. The van der Waals surface area contributed by atoms with Gasteiger partial charge in [-0.15, -0.1) is 5.10 Å². The van der Waals surface area contributed by atoms with Crippen molar-refractivity contribution in [2.24, 2.45) is 0 Å². The maximum absolute atomic E-state index is 6.18. The molecule has 0 fully saturated rings. The second-order valence-corrected chi connectivity index (χ2v) is 6.49. The minimum absolute atomic E-state index is 0.0485. The van der Waals surface area contributed by atoms with E-state index in [-0.39, 0.29) is 6.10 Å². The minimum atomic E-state index is 0.0485. The van der Waals surface area contributed by atoms with Crippen LogP contribution in [0.5, 0.6) is 5.75 Å². The molecular formula is C18H17Cl2N5O. The van der Waals surface area contributed by atoms with Gasteiger partial charge in [0.15, 0.2) is 5.82 Å². The lowest BCUT2D eigenvalue weighted by atomic mass is 10.3. The smallest absolute Gasteiger partial charge is 0.249 e. The topological polar surface area (TPSA) is 72.0 Å². The zero-order valence-electron chi connectivity index (χ0n) is 14.2. The van der Waals surface area contributed by atoms with E-state index < -0.39 is 0 Å². The summed E-state index contributed by atoms with van der Waals surface area (Å²) in [5.41, 5.74) is 1.31. The maximum Gasteiger partial charge on any atom is 0.249 e. The van der Waals surface area contributed by atoms with Crippen LogP contribution < -0.4 is 15.4 Å². The minimum Gasteiger partial charge on any atom is -0.489 e. The van der Waals surface area contributed by atoms with Crippen LogP contribution >= 0.6 is 23.2 Å². The first kappa shape index (κ1) is 18.2. The molecule has 1 heterocycles. The monoisotopic (exact) mass is 389 g/mol. The molecule has 0 bridgehead atoms. The Morgan fingerprint density at radius 3 is 2.42 bits per heavy atom. The SMILES string of the molecule is CC(C)Oc1ccccc1Nc1nncc(Nc2c(Cl)cccc2Cl)n1. The van der Waals surface area contributed by atoms with Crippen LogP contribution in [0.3, 0.4) is 0 Å². The fourth-order valence-electron chi connectivity index (χ4n) is 2.21. The Bertz CT molecular complexity index is 884. The number of hydrogen-bond donors (Lipinski definition) is 2. The molecule has 0 spiro atoms. The molecule has 1 aromatic heterocycles. The van der Waals surface area contributed by atoms with E-state index in [4.69, 9.17) is 27.9 Å². The van der Waals surface area contributed by atoms with Crippen molar-refractivity contribution in [1.82, 2.24) is 15.2 Å². The van der Waals surface area contributed by atoms with E-state index in [1.165, 1.54) is 6.20 Å². The Labute approximate surface area is 161 Å². The molecule has 2 N–H and O–H groups in total. The third-order valence-electron chi connectivity index (χ3n) is 3.27. The highest BCUT2D eigenvalue weighted by Crippen LogP contribution is 2.32. The predicted molar refractivity (Wildman–Crippen MR) is 105 cm³/mol. The zero-order chi connectivity index (χ0) is 18.5. The van der Waals surface area contributed by atoms with Crippen molar-refractivity contribution in [1.29, 1.82) is 0 Å². The van der Waals surface area contributed by atoms with E-state index in [9.17, 15) is 0 Å². The van der Waals surface area contributed by atoms with Gasteiger partial charge in [-0.3, -0.25) is 0 Å². The summed E-state index contributed by atoms with van der Waals surface area (Å²) >= 11 is 12.4. The molecule has 0 saturated heterocycles. The first-order chi connectivity index (χ1) is 12.5. The molecule has 0 saturated carbocycles. The molecule has 0 radical (unpaired) electrons. The molecule has 2 aromatic carbocycles.